The van der Waals surface area contributed by atoms with Gasteiger partial charge in [0.05, 0.1) is 11.1 Å². The predicted molar refractivity (Wildman–Crippen MR) is 111 cm³/mol. The summed E-state index contributed by atoms with van der Waals surface area (Å²) in [5.41, 5.74) is 3.83. The minimum Gasteiger partial charge on any atom is -0.336 e. The minimum atomic E-state index is 0.147. The molecule has 3 aromatic rings. The van der Waals surface area contributed by atoms with Gasteiger partial charge in [-0.15, -0.1) is 0 Å². The highest BCUT2D eigenvalue weighted by molar-refractivity contribution is 6.06. The van der Waals surface area contributed by atoms with Crippen LogP contribution >= 0.6 is 0 Å². The van der Waals surface area contributed by atoms with Crippen LogP contribution in [0.3, 0.4) is 0 Å². The van der Waals surface area contributed by atoms with Crippen molar-refractivity contribution < 1.29 is 4.79 Å². The van der Waals surface area contributed by atoms with E-state index in [0.29, 0.717) is 0 Å². The second-order valence-corrected chi connectivity index (χ2v) is 7.72. The van der Waals surface area contributed by atoms with E-state index in [1.165, 1.54) is 12.0 Å². The molecule has 1 aliphatic heterocycles. The van der Waals surface area contributed by atoms with Gasteiger partial charge in [-0.2, -0.15) is 5.10 Å². The predicted octanol–water partition coefficient (Wildman–Crippen LogP) is 4.39. The van der Waals surface area contributed by atoms with Gasteiger partial charge in [-0.25, -0.2) is 0 Å². The number of fused-ring (bicyclic) bond motifs is 1. The average Bonchev–Trinajstić information content (AvgIpc) is 3.24. The first-order valence-corrected chi connectivity index (χ1v) is 10.3. The van der Waals surface area contributed by atoms with E-state index < -0.39 is 0 Å². The molecule has 1 atom stereocenters. The van der Waals surface area contributed by atoms with E-state index in [4.69, 9.17) is 0 Å². The van der Waals surface area contributed by atoms with E-state index >= 15 is 0 Å². The summed E-state index contributed by atoms with van der Waals surface area (Å²) in [6.45, 7) is 5.78. The molecule has 0 radical (unpaired) electrons. The van der Waals surface area contributed by atoms with Crippen LogP contribution < -0.4 is 0 Å². The van der Waals surface area contributed by atoms with E-state index in [1.807, 2.05) is 36.0 Å². The lowest BCUT2D eigenvalue weighted by molar-refractivity contribution is 0.0596. The molecule has 0 bridgehead atoms. The smallest absolute Gasteiger partial charge is 0.254 e. The quantitative estimate of drug-likeness (QED) is 0.664. The molecular formula is C23H28N4O. The van der Waals surface area contributed by atoms with Gasteiger partial charge in [-0.1, -0.05) is 13.0 Å². The second kappa shape index (κ2) is 8.13. The van der Waals surface area contributed by atoms with Gasteiger partial charge >= 0.3 is 0 Å². The van der Waals surface area contributed by atoms with Crippen LogP contribution in [0.2, 0.25) is 0 Å². The van der Waals surface area contributed by atoms with E-state index in [0.717, 1.165) is 60.9 Å². The molecule has 1 aliphatic rings. The summed E-state index contributed by atoms with van der Waals surface area (Å²) in [4.78, 5) is 20.4. The maximum atomic E-state index is 13.6. The van der Waals surface area contributed by atoms with Crippen molar-refractivity contribution in [1.29, 1.82) is 0 Å². The fourth-order valence-electron chi connectivity index (χ4n) is 4.24. The Hall–Kier alpha value is -2.69. The molecule has 5 heteroatoms. The number of rotatable bonds is 5. The zero-order valence-corrected chi connectivity index (χ0v) is 16.8. The third-order valence-corrected chi connectivity index (χ3v) is 5.78. The van der Waals surface area contributed by atoms with Crippen molar-refractivity contribution in [2.75, 3.05) is 6.54 Å². The summed E-state index contributed by atoms with van der Waals surface area (Å²) in [6.07, 6.45) is 9.01. The maximum Gasteiger partial charge on any atom is 0.254 e. The topological polar surface area (TPSA) is 51.0 Å². The van der Waals surface area contributed by atoms with Gasteiger partial charge in [0, 0.05) is 42.6 Å². The molecule has 1 fully saturated rings. The van der Waals surface area contributed by atoms with E-state index in [1.54, 1.807) is 6.20 Å². The van der Waals surface area contributed by atoms with E-state index in [2.05, 4.69) is 34.0 Å². The SMILES string of the molecule is CCc1ccc2nc(C)cc(C(=O)N3CCCCC3CCn3cccn3)c2c1. The minimum absolute atomic E-state index is 0.147. The molecule has 146 valence electrons. The van der Waals surface area contributed by atoms with Crippen molar-refractivity contribution in [3.05, 3.63) is 59.5 Å². The lowest BCUT2D eigenvalue weighted by atomic mass is 9.96. The molecule has 4 rings (SSSR count). The molecule has 1 aromatic carbocycles. The van der Waals surface area contributed by atoms with Gasteiger partial charge in [-0.05, 0) is 68.9 Å². The molecule has 0 saturated carbocycles. The molecule has 0 N–H and O–H groups in total. The van der Waals surface area contributed by atoms with E-state index in [9.17, 15) is 4.79 Å². The molecule has 28 heavy (non-hydrogen) atoms. The first-order chi connectivity index (χ1) is 13.7. The molecule has 1 unspecified atom stereocenters. The summed E-state index contributed by atoms with van der Waals surface area (Å²) in [7, 11) is 0. The number of hydrogen-bond acceptors (Lipinski definition) is 3. The third-order valence-electron chi connectivity index (χ3n) is 5.78. The van der Waals surface area contributed by atoms with Crippen molar-refractivity contribution in [3.63, 3.8) is 0 Å². The number of aryl methyl sites for hydroxylation is 3. The number of piperidine rings is 1. The Kier molecular flexibility index (Phi) is 5.42. The largest absolute Gasteiger partial charge is 0.336 e. The molecule has 1 amide bonds. The molecule has 3 heterocycles. The van der Waals surface area contributed by atoms with Crippen LogP contribution in [-0.4, -0.2) is 38.2 Å². The first-order valence-electron chi connectivity index (χ1n) is 10.3. The number of pyridine rings is 1. The van der Waals surface area contributed by atoms with Gasteiger partial charge in [0.2, 0.25) is 0 Å². The lowest BCUT2D eigenvalue weighted by Crippen LogP contribution is -2.44. The number of amides is 1. The molecule has 5 nitrogen and oxygen atoms in total. The molecule has 0 spiro atoms. The number of aromatic nitrogens is 3. The summed E-state index contributed by atoms with van der Waals surface area (Å²) in [6, 6.07) is 10.5. The number of likely N-dealkylation sites (tertiary alicyclic amines) is 1. The number of benzene rings is 1. The summed E-state index contributed by atoms with van der Waals surface area (Å²) >= 11 is 0. The Morgan fingerprint density at radius 1 is 1.25 bits per heavy atom. The molecule has 1 saturated heterocycles. The van der Waals surface area contributed by atoms with Crippen molar-refractivity contribution in [2.24, 2.45) is 0 Å². The van der Waals surface area contributed by atoms with Crippen LogP contribution in [-0.2, 0) is 13.0 Å². The molecular weight excluding hydrogens is 348 g/mol. The molecule has 2 aromatic heterocycles. The Bertz CT molecular complexity index is 964. The second-order valence-electron chi connectivity index (χ2n) is 7.72. The number of hydrogen-bond donors (Lipinski definition) is 0. The van der Waals surface area contributed by atoms with Crippen LogP contribution in [0.1, 0.15) is 54.2 Å². The van der Waals surface area contributed by atoms with Crippen LogP contribution in [0.15, 0.2) is 42.7 Å². The zero-order chi connectivity index (χ0) is 19.5. The first kappa shape index (κ1) is 18.7. The maximum absolute atomic E-state index is 13.6. The number of carbonyl (C=O) groups excluding carboxylic acids is 1. The Labute approximate surface area is 166 Å². The van der Waals surface area contributed by atoms with Crippen LogP contribution in [0.4, 0.5) is 0 Å². The van der Waals surface area contributed by atoms with Gasteiger partial charge in [-0.3, -0.25) is 14.5 Å². The lowest BCUT2D eigenvalue weighted by Gasteiger charge is -2.36. The van der Waals surface area contributed by atoms with Crippen molar-refractivity contribution in [3.8, 4) is 0 Å². The standard InChI is InChI=1S/C23H28N4O/c1-3-18-8-9-22-20(16-18)21(15-17(2)25-22)23(28)27-13-5-4-7-19(27)10-14-26-12-6-11-24-26/h6,8-9,11-12,15-16,19H,3-5,7,10,13-14H2,1-2H3. The Morgan fingerprint density at radius 3 is 2.93 bits per heavy atom. The van der Waals surface area contributed by atoms with Crippen molar-refractivity contribution >= 4 is 16.8 Å². The monoisotopic (exact) mass is 376 g/mol. The van der Waals surface area contributed by atoms with Gasteiger partial charge in [0.1, 0.15) is 0 Å². The van der Waals surface area contributed by atoms with Gasteiger partial charge in [0.15, 0.2) is 0 Å². The summed E-state index contributed by atoms with van der Waals surface area (Å²) in [5.74, 6) is 0.147. The highest BCUT2D eigenvalue weighted by Crippen LogP contribution is 2.27. The van der Waals surface area contributed by atoms with Crippen LogP contribution in [0.5, 0.6) is 0 Å². The van der Waals surface area contributed by atoms with Crippen molar-refractivity contribution in [2.45, 2.75) is 58.5 Å². The van der Waals surface area contributed by atoms with Crippen LogP contribution in [0.25, 0.3) is 10.9 Å². The Morgan fingerprint density at radius 2 is 2.14 bits per heavy atom. The molecule has 0 aliphatic carbocycles. The summed E-state index contributed by atoms with van der Waals surface area (Å²) in [5, 5.41) is 5.28. The highest BCUT2D eigenvalue weighted by atomic mass is 16.2. The summed E-state index contributed by atoms with van der Waals surface area (Å²) < 4.78 is 1.96. The zero-order valence-electron chi connectivity index (χ0n) is 16.8. The number of nitrogens with zero attached hydrogens (tertiary/aromatic N) is 4. The Balaban J connectivity index is 1.64. The highest BCUT2D eigenvalue weighted by Gasteiger charge is 2.28. The normalized spacial score (nSPS) is 17.2. The number of carbonyl (C=O) groups is 1. The van der Waals surface area contributed by atoms with Crippen LogP contribution in [0, 0.1) is 6.92 Å². The fourth-order valence-corrected chi connectivity index (χ4v) is 4.24. The van der Waals surface area contributed by atoms with Crippen molar-refractivity contribution in [1.82, 2.24) is 19.7 Å². The fraction of sp³-hybridized carbons (Fsp3) is 0.435. The van der Waals surface area contributed by atoms with E-state index in [-0.39, 0.29) is 11.9 Å². The average molecular weight is 377 g/mol. The van der Waals surface area contributed by atoms with Gasteiger partial charge in [0.25, 0.3) is 5.91 Å². The van der Waals surface area contributed by atoms with Gasteiger partial charge < -0.3 is 4.90 Å². The third kappa shape index (κ3) is 3.79.